The van der Waals surface area contributed by atoms with E-state index in [0.717, 1.165) is 31.5 Å². The van der Waals surface area contributed by atoms with Gasteiger partial charge in [0, 0.05) is 18.7 Å². The Bertz CT molecular complexity index is 860. The summed E-state index contributed by atoms with van der Waals surface area (Å²) >= 11 is 0. The van der Waals surface area contributed by atoms with Crippen molar-refractivity contribution in [1.82, 2.24) is 4.90 Å². The van der Waals surface area contributed by atoms with Crippen LogP contribution in [0.2, 0.25) is 0 Å². The Morgan fingerprint density at radius 3 is 2.22 bits per heavy atom. The Hall–Kier alpha value is -1.89. The number of nitrogens with zero attached hydrogens (tertiary/aromatic N) is 2. The zero-order valence-corrected chi connectivity index (χ0v) is 17.2. The first-order chi connectivity index (χ1) is 12.4. The van der Waals surface area contributed by atoms with Gasteiger partial charge >= 0.3 is 0 Å². The van der Waals surface area contributed by atoms with Gasteiger partial charge in [-0.15, -0.1) is 16.8 Å². The first-order valence-corrected chi connectivity index (χ1v) is 10.2. The molecule has 1 heterocycles. The quantitative estimate of drug-likeness (QED) is 0.572. The van der Waals surface area contributed by atoms with E-state index in [9.17, 15) is 8.42 Å². The fraction of sp³-hybridized carbons (Fsp3) is 0.350. The molecule has 146 valence electrons. The van der Waals surface area contributed by atoms with E-state index in [0.29, 0.717) is 5.56 Å². The molecule has 3 rings (SSSR count). The van der Waals surface area contributed by atoms with E-state index in [4.69, 9.17) is 4.74 Å². The van der Waals surface area contributed by atoms with Crippen molar-refractivity contribution in [3.05, 3.63) is 65.7 Å². The molecule has 0 radical (unpaired) electrons. The molecule has 0 atom stereocenters. The van der Waals surface area contributed by atoms with E-state index < -0.39 is 10.0 Å². The summed E-state index contributed by atoms with van der Waals surface area (Å²) in [5.41, 5.74) is 1.67. The summed E-state index contributed by atoms with van der Waals surface area (Å²) in [7, 11) is -1.76. The summed E-state index contributed by atoms with van der Waals surface area (Å²) in [6.07, 6.45) is 1.68. The van der Waals surface area contributed by atoms with Crippen LogP contribution in [-0.4, -0.2) is 45.5 Å². The summed E-state index contributed by atoms with van der Waals surface area (Å²) in [5.74, 6) is 0.167. The molecule has 0 bridgehead atoms. The molecule has 0 saturated carbocycles. The Labute approximate surface area is 167 Å². The van der Waals surface area contributed by atoms with Gasteiger partial charge in [0.25, 0.3) is 10.0 Å². The third-order valence-electron chi connectivity index (χ3n) is 4.49. The lowest BCUT2D eigenvalue weighted by molar-refractivity contribution is 0.106. The molecule has 1 aliphatic rings. The second kappa shape index (κ2) is 9.35. The third-order valence-corrected chi connectivity index (χ3v) is 5.76. The normalized spacial score (nSPS) is 16.6. The maximum Gasteiger partial charge on any atom is 0.285 e. The molecular formula is C20H25ClN2O3S. The molecule has 1 saturated heterocycles. The SMILES string of the molecule is Cc1ccc(S(=O)(=O)/N=C(\OC2CCN(C)CC2)c2ccccc2)cc1.Cl. The third kappa shape index (κ3) is 5.79. The molecule has 0 N–H and O–H groups in total. The second-order valence-electron chi connectivity index (χ2n) is 6.67. The maximum atomic E-state index is 12.7. The zero-order valence-electron chi connectivity index (χ0n) is 15.5. The van der Waals surface area contributed by atoms with Gasteiger partial charge in [0.05, 0.1) is 4.90 Å². The number of benzene rings is 2. The molecule has 0 spiro atoms. The van der Waals surface area contributed by atoms with Gasteiger partial charge in [-0.1, -0.05) is 35.9 Å². The molecule has 7 heteroatoms. The van der Waals surface area contributed by atoms with Gasteiger partial charge in [-0.25, -0.2) is 0 Å². The lowest BCUT2D eigenvalue weighted by atomic mass is 10.1. The van der Waals surface area contributed by atoms with Gasteiger partial charge in [0.15, 0.2) is 0 Å². The molecule has 1 aliphatic heterocycles. The summed E-state index contributed by atoms with van der Waals surface area (Å²) in [5, 5.41) is 0. The van der Waals surface area contributed by atoms with E-state index in [2.05, 4.69) is 16.3 Å². The van der Waals surface area contributed by atoms with Gasteiger partial charge < -0.3 is 9.64 Å². The first-order valence-electron chi connectivity index (χ1n) is 8.76. The fourth-order valence-electron chi connectivity index (χ4n) is 2.86. The van der Waals surface area contributed by atoms with E-state index in [1.54, 1.807) is 24.3 Å². The molecule has 27 heavy (non-hydrogen) atoms. The molecule has 0 aliphatic carbocycles. The topological polar surface area (TPSA) is 59.0 Å². The number of likely N-dealkylation sites (tertiary alicyclic amines) is 1. The number of hydrogen-bond acceptors (Lipinski definition) is 4. The highest BCUT2D eigenvalue weighted by Crippen LogP contribution is 2.19. The number of aryl methyl sites for hydroxylation is 1. The van der Waals surface area contributed by atoms with Crippen molar-refractivity contribution in [2.24, 2.45) is 4.40 Å². The molecule has 2 aromatic carbocycles. The predicted molar refractivity (Wildman–Crippen MR) is 110 cm³/mol. The smallest absolute Gasteiger partial charge is 0.285 e. The van der Waals surface area contributed by atoms with Crippen LogP contribution in [0.3, 0.4) is 0 Å². The Kier molecular flexibility index (Phi) is 7.41. The first kappa shape index (κ1) is 21.4. The largest absolute Gasteiger partial charge is 0.473 e. The monoisotopic (exact) mass is 408 g/mol. The molecule has 2 aromatic rings. The Morgan fingerprint density at radius 2 is 1.63 bits per heavy atom. The van der Waals surface area contributed by atoms with Crippen molar-refractivity contribution in [2.45, 2.75) is 30.8 Å². The number of rotatable bonds is 4. The number of halogens is 1. The van der Waals surface area contributed by atoms with Crippen molar-refractivity contribution in [2.75, 3.05) is 20.1 Å². The number of ether oxygens (including phenoxy) is 1. The minimum Gasteiger partial charge on any atom is -0.473 e. The second-order valence-corrected chi connectivity index (χ2v) is 8.28. The van der Waals surface area contributed by atoms with Crippen molar-refractivity contribution in [3.8, 4) is 0 Å². The molecule has 1 fully saturated rings. The lowest BCUT2D eigenvalue weighted by Crippen LogP contribution is -2.35. The van der Waals surface area contributed by atoms with Gasteiger partial charge in [-0.3, -0.25) is 0 Å². The highest BCUT2D eigenvalue weighted by atomic mass is 35.5. The summed E-state index contributed by atoms with van der Waals surface area (Å²) in [4.78, 5) is 2.41. The van der Waals surface area contributed by atoms with Crippen LogP contribution in [0.25, 0.3) is 0 Å². The van der Waals surface area contributed by atoms with Gasteiger partial charge in [-0.2, -0.15) is 8.42 Å². The van der Waals surface area contributed by atoms with Gasteiger partial charge in [0.2, 0.25) is 5.90 Å². The van der Waals surface area contributed by atoms with Crippen molar-refractivity contribution in [3.63, 3.8) is 0 Å². The van der Waals surface area contributed by atoms with Crippen LogP contribution < -0.4 is 0 Å². The van der Waals surface area contributed by atoms with Crippen LogP contribution in [-0.2, 0) is 14.8 Å². The summed E-state index contributed by atoms with van der Waals surface area (Å²) in [6.45, 7) is 3.77. The minimum absolute atomic E-state index is 0. The van der Waals surface area contributed by atoms with Crippen LogP contribution in [0.1, 0.15) is 24.0 Å². The van der Waals surface area contributed by atoms with Crippen LogP contribution in [0.15, 0.2) is 63.9 Å². The van der Waals surface area contributed by atoms with E-state index in [1.807, 2.05) is 37.3 Å². The zero-order chi connectivity index (χ0) is 18.6. The highest BCUT2D eigenvalue weighted by molar-refractivity contribution is 7.90. The molecular weight excluding hydrogens is 384 g/mol. The highest BCUT2D eigenvalue weighted by Gasteiger charge is 2.22. The standard InChI is InChI=1S/C20H24N2O3S.ClH/c1-16-8-10-19(11-9-16)26(23,24)21-20(17-6-4-3-5-7-17)25-18-12-14-22(2)15-13-18;/h3-11,18H,12-15H2,1-2H3;1H/b21-20-;. The number of hydrogen-bond donors (Lipinski definition) is 0. The van der Waals surface area contributed by atoms with Crippen molar-refractivity contribution in [1.29, 1.82) is 0 Å². The summed E-state index contributed by atoms with van der Waals surface area (Å²) in [6, 6.07) is 15.9. The van der Waals surface area contributed by atoms with Crippen molar-refractivity contribution < 1.29 is 13.2 Å². The minimum atomic E-state index is -3.83. The van der Waals surface area contributed by atoms with Crippen LogP contribution in [0.4, 0.5) is 0 Å². The van der Waals surface area contributed by atoms with Gasteiger partial charge in [0.1, 0.15) is 6.10 Å². The molecule has 5 nitrogen and oxygen atoms in total. The van der Waals surface area contributed by atoms with Crippen LogP contribution in [0, 0.1) is 6.92 Å². The van der Waals surface area contributed by atoms with Crippen LogP contribution >= 0.6 is 12.4 Å². The van der Waals surface area contributed by atoms with Gasteiger partial charge in [-0.05, 0) is 51.1 Å². The van der Waals surface area contributed by atoms with E-state index >= 15 is 0 Å². The number of piperidine rings is 1. The molecule has 0 aromatic heterocycles. The number of sulfonamides is 1. The van der Waals surface area contributed by atoms with Crippen LogP contribution in [0.5, 0.6) is 0 Å². The fourth-order valence-corrected chi connectivity index (χ4v) is 3.81. The predicted octanol–water partition coefficient (Wildman–Crippen LogP) is 3.66. The molecule has 0 amide bonds. The van der Waals surface area contributed by atoms with Crippen molar-refractivity contribution >= 4 is 28.3 Å². The Morgan fingerprint density at radius 1 is 1.04 bits per heavy atom. The maximum absolute atomic E-state index is 12.7. The average molecular weight is 409 g/mol. The van der Waals surface area contributed by atoms with E-state index in [1.165, 1.54) is 0 Å². The molecule has 0 unspecified atom stereocenters. The summed E-state index contributed by atoms with van der Waals surface area (Å²) < 4.78 is 35.6. The lowest BCUT2D eigenvalue weighted by Gasteiger charge is -2.29. The Balaban J connectivity index is 0.00000261. The average Bonchev–Trinajstić information content (AvgIpc) is 2.64. The van der Waals surface area contributed by atoms with E-state index in [-0.39, 0.29) is 29.3 Å².